The van der Waals surface area contributed by atoms with Crippen LogP contribution in [0.5, 0.6) is 0 Å². The second-order valence-electron chi connectivity index (χ2n) is 3.68. The zero-order valence-electron chi connectivity index (χ0n) is 7.76. The summed E-state index contributed by atoms with van der Waals surface area (Å²) in [6.45, 7) is 0. The van der Waals surface area contributed by atoms with Crippen LogP contribution < -0.4 is 0 Å². The molecule has 0 aliphatic heterocycles. The van der Waals surface area contributed by atoms with Crippen molar-refractivity contribution in [3.8, 4) is 0 Å². The van der Waals surface area contributed by atoms with Gasteiger partial charge in [-0.25, -0.2) is 8.78 Å². The smallest absolute Gasteiger partial charge is 0.129 e. The fourth-order valence-corrected chi connectivity index (χ4v) is 2.01. The van der Waals surface area contributed by atoms with Gasteiger partial charge in [0, 0.05) is 5.56 Å². The Bertz CT molecular complexity index is 349. The predicted molar refractivity (Wildman–Crippen MR) is 48.9 cm³/mol. The molecule has 0 spiro atoms. The van der Waals surface area contributed by atoms with E-state index in [1.807, 2.05) is 0 Å². The Kier molecular flexibility index (Phi) is 2.50. The molecule has 0 bridgehead atoms. The predicted octanol–water partition coefficient (Wildman–Crippen LogP) is 2.72. The van der Waals surface area contributed by atoms with E-state index in [0.29, 0.717) is 18.4 Å². The van der Waals surface area contributed by atoms with E-state index in [9.17, 15) is 13.9 Å². The second-order valence-corrected chi connectivity index (χ2v) is 3.68. The lowest BCUT2D eigenvalue weighted by Crippen LogP contribution is -2.04. The zero-order chi connectivity index (χ0) is 10.1. The zero-order valence-corrected chi connectivity index (χ0v) is 7.76. The molecule has 1 aliphatic carbocycles. The molecule has 14 heavy (non-hydrogen) atoms. The van der Waals surface area contributed by atoms with E-state index in [4.69, 9.17) is 0 Å². The van der Waals surface area contributed by atoms with Crippen molar-refractivity contribution >= 4 is 0 Å². The van der Waals surface area contributed by atoms with Gasteiger partial charge in [0.2, 0.25) is 0 Å². The normalized spacial score (nSPS) is 21.5. The van der Waals surface area contributed by atoms with Crippen molar-refractivity contribution in [2.75, 3.05) is 0 Å². The molecule has 2 rings (SSSR count). The van der Waals surface area contributed by atoms with Crippen LogP contribution in [0, 0.1) is 11.6 Å². The SMILES string of the molecule is O[C@H]1CCCCc2c(F)ccc(F)c21. The molecule has 1 aromatic carbocycles. The van der Waals surface area contributed by atoms with Crippen LogP contribution in [0.25, 0.3) is 0 Å². The van der Waals surface area contributed by atoms with E-state index in [0.717, 1.165) is 25.0 Å². The number of hydrogen-bond acceptors (Lipinski definition) is 1. The second kappa shape index (κ2) is 3.65. The standard InChI is InChI=1S/C11H12F2O/c12-8-5-6-9(13)11-7(8)3-1-2-4-10(11)14/h5-6,10,14H,1-4H2/t10-/m0/s1. The highest BCUT2D eigenvalue weighted by Crippen LogP contribution is 2.31. The highest BCUT2D eigenvalue weighted by atomic mass is 19.1. The van der Waals surface area contributed by atoms with Gasteiger partial charge in [-0.3, -0.25) is 0 Å². The van der Waals surface area contributed by atoms with Crippen molar-refractivity contribution in [1.29, 1.82) is 0 Å². The molecule has 0 amide bonds. The van der Waals surface area contributed by atoms with Crippen LogP contribution in [0.4, 0.5) is 8.78 Å². The highest BCUT2D eigenvalue weighted by molar-refractivity contribution is 5.33. The van der Waals surface area contributed by atoms with E-state index < -0.39 is 17.7 Å². The Hall–Kier alpha value is -0.960. The molecule has 1 atom stereocenters. The number of benzene rings is 1. The van der Waals surface area contributed by atoms with Gasteiger partial charge in [0.05, 0.1) is 6.10 Å². The first-order chi connectivity index (χ1) is 6.70. The minimum Gasteiger partial charge on any atom is -0.388 e. The summed E-state index contributed by atoms with van der Waals surface area (Å²) in [5, 5.41) is 9.64. The lowest BCUT2D eigenvalue weighted by Gasteiger charge is -2.12. The molecule has 0 aromatic heterocycles. The summed E-state index contributed by atoms with van der Waals surface area (Å²) in [7, 11) is 0. The van der Waals surface area contributed by atoms with Crippen molar-refractivity contribution in [3.05, 3.63) is 34.9 Å². The van der Waals surface area contributed by atoms with Crippen molar-refractivity contribution in [1.82, 2.24) is 0 Å². The third-order valence-corrected chi connectivity index (χ3v) is 2.73. The molecule has 0 heterocycles. The fourth-order valence-electron chi connectivity index (χ4n) is 2.01. The van der Waals surface area contributed by atoms with Crippen LogP contribution in [-0.4, -0.2) is 5.11 Å². The third-order valence-electron chi connectivity index (χ3n) is 2.73. The Morgan fingerprint density at radius 2 is 1.86 bits per heavy atom. The van der Waals surface area contributed by atoms with Gasteiger partial charge >= 0.3 is 0 Å². The van der Waals surface area contributed by atoms with E-state index >= 15 is 0 Å². The molecule has 1 aliphatic rings. The number of fused-ring (bicyclic) bond motifs is 1. The van der Waals surface area contributed by atoms with Crippen LogP contribution in [0.15, 0.2) is 12.1 Å². The molecule has 1 N–H and O–H groups in total. The van der Waals surface area contributed by atoms with Gasteiger partial charge in [0.15, 0.2) is 0 Å². The minimum atomic E-state index is -0.844. The Morgan fingerprint density at radius 1 is 1.14 bits per heavy atom. The quantitative estimate of drug-likeness (QED) is 0.635. The van der Waals surface area contributed by atoms with Crippen molar-refractivity contribution in [3.63, 3.8) is 0 Å². The van der Waals surface area contributed by atoms with E-state index in [1.165, 1.54) is 0 Å². The lowest BCUT2D eigenvalue weighted by atomic mass is 10.00. The average Bonchev–Trinajstić information content (AvgIpc) is 2.35. The molecule has 3 heteroatoms. The van der Waals surface area contributed by atoms with E-state index in [-0.39, 0.29) is 5.56 Å². The molecule has 76 valence electrons. The number of aliphatic hydroxyl groups is 1. The summed E-state index contributed by atoms with van der Waals surface area (Å²) in [6, 6.07) is 2.22. The topological polar surface area (TPSA) is 20.2 Å². The number of rotatable bonds is 0. The van der Waals surface area contributed by atoms with Gasteiger partial charge in [0.1, 0.15) is 11.6 Å². The molecule has 0 unspecified atom stereocenters. The summed E-state index contributed by atoms with van der Waals surface area (Å²) in [6.07, 6.45) is 1.82. The average molecular weight is 198 g/mol. The van der Waals surface area contributed by atoms with Gasteiger partial charge in [-0.2, -0.15) is 0 Å². The van der Waals surface area contributed by atoms with Gasteiger partial charge in [-0.15, -0.1) is 0 Å². The van der Waals surface area contributed by atoms with Crippen molar-refractivity contribution < 1.29 is 13.9 Å². The monoisotopic (exact) mass is 198 g/mol. The van der Waals surface area contributed by atoms with Crippen molar-refractivity contribution in [2.45, 2.75) is 31.8 Å². The minimum absolute atomic E-state index is 0.169. The maximum absolute atomic E-state index is 13.4. The summed E-state index contributed by atoms with van der Waals surface area (Å²) in [5.74, 6) is -0.891. The Labute approximate surface area is 81.4 Å². The van der Waals surface area contributed by atoms with Crippen LogP contribution in [-0.2, 0) is 6.42 Å². The molecule has 1 nitrogen and oxygen atoms in total. The van der Waals surface area contributed by atoms with E-state index in [2.05, 4.69) is 0 Å². The van der Waals surface area contributed by atoms with Crippen molar-refractivity contribution in [2.24, 2.45) is 0 Å². The first-order valence-electron chi connectivity index (χ1n) is 4.85. The summed E-state index contributed by atoms with van der Waals surface area (Å²) in [5.41, 5.74) is 0.525. The first-order valence-corrected chi connectivity index (χ1v) is 4.85. The van der Waals surface area contributed by atoms with Crippen LogP contribution in [0.2, 0.25) is 0 Å². The third kappa shape index (κ3) is 1.52. The molecule has 0 saturated carbocycles. The lowest BCUT2D eigenvalue weighted by molar-refractivity contribution is 0.161. The maximum Gasteiger partial charge on any atom is 0.129 e. The highest BCUT2D eigenvalue weighted by Gasteiger charge is 2.22. The number of hydrogen-bond donors (Lipinski definition) is 1. The molecule has 0 saturated heterocycles. The summed E-state index contributed by atoms with van der Waals surface area (Å²) >= 11 is 0. The van der Waals surface area contributed by atoms with Crippen LogP contribution >= 0.6 is 0 Å². The number of aliphatic hydroxyl groups excluding tert-OH is 1. The molecular weight excluding hydrogens is 186 g/mol. The number of halogens is 2. The van der Waals surface area contributed by atoms with Gasteiger partial charge in [-0.05, 0) is 37.0 Å². The van der Waals surface area contributed by atoms with Gasteiger partial charge in [-0.1, -0.05) is 6.42 Å². The first kappa shape index (κ1) is 9.59. The Balaban J connectivity index is 2.57. The molecule has 1 aromatic rings. The molecular formula is C11H12F2O. The van der Waals surface area contributed by atoms with Crippen LogP contribution in [0.1, 0.15) is 36.5 Å². The van der Waals surface area contributed by atoms with Gasteiger partial charge < -0.3 is 5.11 Å². The molecule has 0 radical (unpaired) electrons. The fraction of sp³-hybridized carbons (Fsp3) is 0.455. The summed E-state index contributed by atoms with van der Waals surface area (Å²) < 4.78 is 26.7. The Morgan fingerprint density at radius 3 is 2.64 bits per heavy atom. The largest absolute Gasteiger partial charge is 0.388 e. The molecule has 0 fully saturated rings. The summed E-state index contributed by atoms with van der Waals surface area (Å²) in [4.78, 5) is 0. The maximum atomic E-state index is 13.4. The van der Waals surface area contributed by atoms with Gasteiger partial charge in [0.25, 0.3) is 0 Å². The van der Waals surface area contributed by atoms with E-state index in [1.54, 1.807) is 0 Å². The van der Waals surface area contributed by atoms with Crippen LogP contribution in [0.3, 0.4) is 0 Å².